The normalized spacial score (nSPS) is 26.4. The Morgan fingerprint density at radius 2 is 1.02 bits per heavy atom. The fraction of sp³-hybridized carbons (Fsp3) is 0.667. The van der Waals surface area contributed by atoms with Gasteiger partial charge in [-0.2, -0.15) is 0 Å². The van der Waals surface area contributed by atoms with Gasteiger partial charge in [-0.15, -0.1) is 0 Å². The molecule has 8 rings (SSSR count). The molecule has 2 aromatic rings. The number of hydrogen-bond donors (Lipinski definition) is 0. The predicted molar refractivity (Wildman–Crippen MR) is 228 cm³/mol. The number of rotatable bonds is 6. The van der Waals surface area contributed by atoms with Crippen LogP contribution in [-0.4, -0.2) is 38.6 Å². The van der Waals surface area contributed by atoms with Crippen molar-refractivity contribution in [1.82, 2.24) is 0 Å². The van der Waals surface area contributed by atoms with Gasteiger partial charge in [0, 0.05) is 15.8 Å². The number of allylic oxidation sites excluding steroid dienone is 1. The molecule has 5 fully saturated rings. The Morgan fingerprint density at radius 1 is 0.580 bits per heavy atom. The van der Waals surface area contributed by atoms with Crippen LogP contribution in [0.3, 0.4) is 0 Å². The van der Waals surface area contributed by atoms with E-state index in [1.807, 2.05) is 24.3 Å². The Labute approximate surface area is 322 Å². The van der Waals surface area contributed by atoms with Crippen LogP contribution in [0.1, 0.15) is 165 Å². The Hall–Kier alpha value is 0.113. The fourth-order valence-electron chi connectivity index (χ4n) is 10.9. The maximum absolute atomic E-state index is 6.19. The topological polar surface area (TPSA) is 0 Å². The average molecular weight is 843 g/mol. The molecule has 6 aliphatic rings. The summed E-state index contributed by atoms with van der Waals surface area (Å²) in [7, 11) is 12.4. The maximum atomic E-state index is 6.19. The van der Waals surface area contributed by atoms with E-state index in [0.29, 0.717) is 0 Å². The number of hydrogen-bond acceptors (Lipinski definition) is 0. The van der Waals surface area contributed by atoms with Crippen molar-refractivity contribution in [1.29, 1.82) is 0 Å². The van der Waals surface area contributed by atoms with E-state index in [1.54, 1.807) is 141 Å². The molecule has 0 atom stereocenters. The van der Waals surface area contributed by atoms with Crippen LogP contribution in [-0.2, 0) is 13.5 Å². The summed E-state index contributed by atoms with van der Waals surface area (Å²) < 4.78 is 1.12. The van der Waals surface area contributed by atoms with Crippen molar-refractivity contribution >= 4 is 44.9 Å². The first-order valence-corrected chi connectivity index (χ1v) is 29.9. The van der Waals surface area contributed by atoms with Gasteiger partial charge >= 0.3 is 120 Å². The first-order valence-electron chi connectivity index (χ1n) is 21.0. The fourth-order valence-corrected chi connectivity index (χ4v) is 23.1. The monoisotopic (exact) mass is 842 g/mol. The van der Waals surface area contributed by atoms with E-state index in [-0.39, 0.29) is 15.8 Å². The van der Waals surface area contributed by atoms with Crippen LogP contribution >= 0.6 is 35.2 Å². The Bertz CT molecular complexity index is 1300. The van der Waals surface area contributed by atoms with Gasteiger partial charge in [-0.1, -0.05) is 33.1 Å². The average Bonchev–Trinajstić information content (AvgIpc) is 3.54. The van der Waals surface area contributed by atoms with Gasteiger partial charge in [-0.3, -0.25) is 0 Å². The van der Waals surface area contributed by atoms with Crippen molar-refractivity contribution in [2.24, 2.45) is 5.92 Å². The van der Waals surface area contributed by atoms with Gasteiger partial charge < -0.3 is 0 Å². The summed E-state index contributed by atoms with van der Waals surface area (Å²) >= 11 is -1.88. The molecule has 278 valence electrons. The summed E-state index contributed by atoms with van der Waals surface area (Å²) in [4.78, 5) is 0. The molecular weight excluding hydrogens is 774 g/mol. The SMILES string of the molecule is C1CCC([PH+](C2CCCCC2)C2CCCCC2)CC1.CC(C)C[PH+]1C2CCCC1CCC2.[Cl][Ru]([Cl])=[C]1C=C(c2ccccc2)c2ccccc21. The van der Waals surface area contributed by atoms with Crippen LogP contribution in [0, 0.1) is 5.92 Å². The second-order valence-electron chi connectivity index (χ2n) is 16.9. The van der Waals surface area contributed by atoms with Crippen LogP contribution in [0.2, 0.25) is 0 Å². The minimum absolute atomic E-state index is 0.0465. The molecule has 0 N–H and O–H groups in total. The summed E-state index contributed by atoms with van der Waals surface area (Å²) in [5.74, 6) is 0.968. The molecule has 50 heavy (non-hydrogen) atoms. The van der Waals surface area contributed by atoms with Gasteiger partial charge in [0.2, 0.25) is 0 Å². The zero-order valence-corrected chi connectivity index (χ0v) is 36.7. The Balaban J connectivity index is 0.000000132. The molecule has 4 aliphatic carbocycles. The van der Waals surface area contributed by atoms with E-state index < -0.39 is 13.5 Å². The van der Waals surface area contributed by atoms with Gasteiger partial charge in [0.25, 0.3) is 0 Å². The third-order valence-electron chi connectivity index (χ3n) is 13.1. The molecule has 3 saturated carbocycles. The van der Waals surface area contributed by atoms with Crippen LogP contribution in [0.25, 0.3) is 5.57 Å². The Kier molecular flexibility index (Phi) is 16.5. The quantitative estimate of drug-likeness (QED) is 0.201. The standard InChI is InChI=1S/C18H33P.C15H10.C12H23P.2ClH.Ru/c1-4-10-16(11-5-1)19(17-12-6-2-7-13-17)18-14-8-3-9-15-18;1-2-6-12(7-3-1)15-11-10-13-8-4-5-9-14(13)15;1-10(2)9-13-11-5-3-6-12(13)8-4-7-11;;;/h16-18H,1-15H2;1-9,11H;10-12H,3-9H2,1-2H3;2*1H;/q;;;;;+2. The first-order chi connectivity index (χ1) is 24.5. The van der Waals surface area contributed by atoms with Crippen molar-refractivity contribution < 1.29 is 13.5 Å². The van der Waals surface area contributed by atoms with Gasteiger partial charge in [0.15, 0.2) is 0 Å². The number of fused-ring (bicyclic) bond motifs is 3. The molecule has 2 saturated heterocycles. The summed E-state index contributed by atoms with van der Waals surface area (Å²) in [5.41, 5.74) is 11.0. The summed E-state index contributed by atoms with van der Waals surface area (Å²) in [6.45, 7) is 4.84. The van der Waals surface area contributed by atoms with Gasteiger partial charge in [0.05, 0.1) is 34.5 Å². The van der Waals surface area contributed by atoms with Crippen LogP contribution in [0.5, 0.6) is 0 Å². The molecular formula is C45H68Cl2P2Ru+2. The Morgan fingerprint density at radius 3 is 1.46 bits per heavy atom. The van der Waals surface area contributed by atoms with Crippen molar-refractivity contribution in [3.63, 3.8) is 0 Å². The molecule has 2 heterocycles. The van der Waals surface area contributed by atoms with Crippen LogP contribution in [0.15, 0.2) is 60.7 Å². The van der Waals surface area contributed by atoms with Crippen molar-refractivity contribution in [3.05, 3.63) is 77.4 Å². The van der Waals surface area contributed by atoms with E-state index in [2.05, 4.69) is 50.3 Å². The molecule has 2 aromatic carbocycles. The van der Waals surface area contributed by atoms with Crippen LogP contribution in [0.4, 0.5) is 0 Å². The first kappa shape index (κ1) is 39.8. The summed E-state index contributed by atoms with van der Waals surface area (Å²) in [6.07, 6.45) is 37.0. The third-order valence-corrected chi connectivity index (χ3v) is 25.3. The molecule has 0 aromatic heterocycles. The van der Waals surface area contributed by atoms with E-state index in [0.717, 1.165) is 10.0 Å². The molecule has 0 nitrogen and oxygen atoms in total. The van der Waals surface area contributed by atoms with E-state index in [1.165, 1.54) is 50.6 Å². The van der Waals surface area contributed by atoms with E-state index in [9.17, 15) is 0 Å². The molecule has 2 bridgehead atoms. The number of benzene rings is 2. The molecule has 0 radical (unpaired) electrons. The van der Waals surface area contributed by atoms with Crippen molar-refractivity contribution in [2.45, 2.75) is 177 Å². The predicted octanol–water partition coefficient (Wildman–Crippen LogP) is 14.7. The molecule has 0 spiro atoms. The zero-order valence-electron chi connectivity index (χ0n) is 31.4. The molecule has 2 aliphatic heterocycles. The molecule has 0 amide bonds. The second kappa shape index (κ2) is 20.7. The minimum atomic E-state index is -1.88. The van der Waals surface area contributed by atoms with Gasteiger partial charge in [-0.25, -0.2) is 0 Å². The summed E-state index contributed by atoms with van der Waals surface area (Å²) in [5, 5.41) is 0. The van der Waals surface area contributed by atoms with Crippen molar-refractivity contribution in [2.75, 3.05) is 6.16 Å². The number of halogens is 2. The van der Waals surface area contributed by atoms with Crippen molar-refractivity contribution in [3.8, 4) is 0 Å². The van der Waals surface area contributed by atoms with E-state index >= 15 is 0 Å². The zero-order chi connectivity index (χ0) is 34.7. The van der Waals surface area contributed by atoms with Gasteiger partial charge in [-0.05, 0) is 121 Å². The van der Waals surface area contributed by atoms with Gasteiger partial charge in [0.1, 0.15) is 0 Å². The third kappa shape index (κ3) is 10.9. The van der Waals surface area contributed by atoms with Crippen LogP contribution < -0.4 is 0 Å². The molecule has 0 unspecified atom stereocenters. The summed E-state index contributed by atoms with van der Waals surface area (Å²) in [6, 6.07) is 18.7. The second-order valence-corrected chi connectivity index (χ2v) is 29.4. The van der Waals surface area contributed by atoms with E-state index in [4.69, 9.17) is 19.4 Å². The molecule has 5 heteroatoms.